The molecule has 0 unspecified atom stereocenters. The van der Waals surface area contributed by atoms with Crippen molar-refractivity contribution in [3.8, 4) is 0 Å². The highest BCUT2D eigenvalue weighted by atomic mass is 35.5. The molecule has 1 heterocycles. The third-order valence-electron chi connectivity index (χ3n) is 2.82. The van der Waals surface area contributed by atoms with Crippen LogP contribution < -0.4 is 5.32 Å². The predicted molar refractivity (Wildman–Crippen MR) is 74.5 cm³/mol. The number of carbonyl (C=O) groups is 1. The van der Waals surface area contributed by atoms with Crippen molar-refractivity contribution < 1.29 is 9.53 Å². The lowest BCUT2D eigenvalue weighted by molar-refractivity contribution is 0.0824. The average Bonchev–Trinajstić information content (AvgIpc) is 2.88. The van der Waals surface area contributed by atoms with Crippen molar-refractivity contribution in [1.29, 1.82) is 0 Å². The van der Waals surface area contributed by atoms with E-state index in [0.717, 1.165) is 5.56 Å². The highest BCUT2D eigenvalue weighted by Crippen LogP contribution is 2.24. The third kappa shape index (κ3) is 3.34. The molecule has 0 aliphatic rings. The summed E-state index contributed by atoms with van der Waals surface area (Å²) < 4.78 is 6.84. The van der Waals surface area contributed by atoms with Gasteiger partial charge in [0.1, 0.15) is 6.10 Å². The summed E-state index contributed by atoms with van der Waals surface area (Å²) in [6, 6.07) is 7.37. The first-order valence-corrected chi connectivity index (χ1v) is 6.41. The largest absolute Gasteiger partial charge is 0.375 e. The molecule has 2 rings (SSSR count). The van der Waals surface area contributed by atoms with Gasteiger partial charge < -0.3 is 10.1 Å². The molecule has 0 spiro atoms. The Labute approximate surface area is 121 Å². The number of methoxy groups -OCH3 is 1. The lowest BCUT2D eigenvalue weighted by Gasteiger charge is -2.17. The zero-order valence-corrected chi connectivity index (χ0v) is 12.0. The number of halogens is 1. The van der Waals surface area contributed by atoms with Crippen molar-refractivity contribution in [2.24, 2.45) is 7.05 Å². The Balaban J connectivity index is 2.01. The molecule has 0 fully saturated rings. The number of hydrogen-bond donors (Lipinski definition) is 1. The highest BCUT2D eigenvalue weighted by molar-refractivity contribution is 6.31. The van der Waals surface area contributed by atoms with E-state index in [0.29, 0.717) is 11.6 Å². The van der Waals surface area contributed by atoms with E-state index in [2.05, 4.69) is 15.6 Å². The van der Waals surface area contributed by atoms with Gasteiger partial charge in [-0.1, -0.05) is 35.0 Å². The molecule has 1 amide bonds. The fraction of sp³-hybridized carbons (Fsp3) is 0.308. The quantitative estimate of drug-likeness (QED) is 0.909. The summed E-state index contributed by atoms with van der Waals surface area (Å²) in [5, 5.41) is 10.8. The number of amides is 1. The van der Waals surface area contributed by atoms with Crippen molar-refractivity contribution in [1.82, 2.24) is 20.3 Å². The second kappa shape index (κ2) is 6.49. The van der Waals surface area contributed by atoms with E-state index in [1.807, 2.05) is 18.2 Å². The number of ether oxygens (including phenoxy) is 1. The molecule has 1 N–H and O–H groups in total. The predicted octanol–water partition coefficient (Wildman–Crippen LogP) is 1.59. The molecule has 0 saturated carbocycles. The number of rotatable bonds is 5. The van der Waals surface area contributed by atoms with Crippen molar-refractivity contribution >= 4 is 17.5 Å². The molecule has 20 heavy (non-hydrogen) atoms. The Morgan fingerprint density at radius 1 is 1.50 bits per heavy atom. The van der Waals surface area contributed by atoms with Crippen molar-refractivity contribution in [3.63, 3.8) is 0 Å². The lowest BCUT2D eigenvalue weighted by atomic mass is 10.1. The van der Waals surface area contributed by atoms with Crippen LogP contribution in [0.5, 0.6) is 0 Å². The molecular weight excluding hydrogens is 280 g/mol. The molecule has 2 aromatic rings. The summed E-state index contributed by atoms with van der Waals surface area (Å²) in [5.74, 6) is -0.299. The summed E-state index contributed by atoms with van der Waals surface area (Å²) in [6.45, 7) is 0.301. The van der Waals surface area contributed by atoms with Gasteiger partial charge in [-0.2, -0.15) is 0 Å². The highest BCUT2D eigenvalue weighted by Gasteiger charge is 2.16. The van der Waals surface area contributed by atoms with Crippen LogP contribution in [0.1, 0.15) is 22.2 Å². The maximum atomic E-state index is 11.9. The van der Waals surface area contributed by atoms with Gasteiger partial charge in [-0.3, -0.25) is 9.48 Å². The van der Waals surface area contributed by atoms with Crippen molar-refractivity contribution in [2.45, 2.75) is 6.10 Å². The van der Waals surface area contributed by atoms with Crippen LogP contribution in [0.25, 0.3) is 0 Å². The summed E-state index contributed by atoms with van der Waals surface area (Å²) in [4.78, 5) is 11.9. The molecule has 0 aliphatic carbocycles. The maximum Gasteiger partial charge on any atom is 0.273 e. The molecule has 0 radical (unpaired) electrons. The van der Waals surface area contributed by atoms with Crippen LogP contribution in [0.15, 0.2) is 30.5 Å². The Morgan fingerprint density at radius 2 is 2.25 bits per heavy atom. The Kier molecular flexibility index (Phi) is 4.70. The topological polar surface area (TPSA) is 69.0 Å². The fourth-order valence-electron chi connectivity index (χ4n) is 1.78. The average molecular weight is 295 g/mol. The SMILES string of the molecule is CO[C@H](CNC(=O)c1cn(C)nn1)c1ccccc1Cl. The van der Waals surface area contributed by atoms with Crippen LogP contribution in [-0.2, 0) is 11.8 Å². The van der Waals surface area contributed by atoms with Gasteiger partial charge in [0.25, 0.3) is 5.91 Å². The molecule has 7 heteroatoms. The summed E-state index contributed by atoms with van der Waals surface area (Å²) in [6.07, 6.45) is 1.23. The number of nitrogens with one attached hydrogen (secondary N) is 1. The Bertz CT molecular complexity index is 600. The van der Waals surface area contributed by atoms with Gasteiger partial charge in [-0.25, -0.2) is 0 Å². The number of nitrogens with zero attached hydrogens (tertiary/aromatic N) is 3. The molecule has 106 valence electrons. The molecule has 1 atom stereocenters. The van der Waals surface area contributed by atoms with Gasteiger partial charge in [0.2, 0.25) is 0 Å². The van der Waals surface area contributed by atoms with Crippen molar-refractivity contribution in [2.75, 3.05) is 13.7 Å². The van der Waals surface area contributed by atoms with E-state index in [4.69, 9.17) is 16.3 Å². The number of aryl methyl sites for hydroxylation is 1. The van der Waals surface area contributed by atoms with E-state index in [-0.39, 0.29) is 17.7 Å². The Morgan fingerprint density at radius 3 is 2.85 bits per heavy atom. The zero-order chi connectivity index (χ0) is 14.5. The molecular formula is C13H15ClN4O2. The van der Waals surface area contributed by atoms with Gasteiger partial charge in [0.15, 0.2) is 5.69 Å². The van der Waals surface area contributed by atoms with Gasteiger partial charge in [0.05, 0.1) is 6.20 Å². The van der Waals surface area contributed by atoms with Crippen LogP contribution in [-0.4, -0.2) is 34.6 Å². The summed E-state index contributed by atoms with van der Waals surface area (Å²) in [5.41, 5.74) is 1.10. The standard InChI is InChI=1S/C13H15ClN4O2/c1-18-8-11(16-17-18)13(19)15-7-12(20-2)9-5-3-4-6-10(9)14/h3-6,8,12H,7H2,1-2H3,(H,15,19)/t12-/m1/s1. The number of aromatic nitrogens is 3. The molecule has 1 aromatic heterocycles. The smallest absolute Gasteiger partial charge is 0.273 e. The second-order valence-corrected chi connectivity index (χ2v) is 4.64. The first-order chi connectivity index (χ1) is 9.61. The van der Waals surface area contributed by atoms with Crippen LogP contribution in [0.4, 0.5) is 0 Å². The number of benzene rings is 1. The van der Waals surface area contributed by atoms with Gasteiger partial charge in [0, 0.05) is 31.3 Å². The summed E-state index contributed by atoms with van der Waals surface area (Å²) >= 11 is 6.12. The van der Waals surface area contributed by atoms with Crippen LogP contribution in [0.2, 0.25) is 5.02 Å². The minimum atomic E-state index is -0.315. The number of carbonyl (C=O) groups excluding carboxylic acids is 1. The van der Waals surface area contributed by atoms with E-state index >= 15 is 0 Å². The van der Waals surface area contributed by atoms with Gasteiger partial charge in [-0.05, 0) is 6.07 Å². The number of hydrogen-bond acceptors (Lipinski definition) is 4. The van der Waals surface area contributed by atoms with E-state index in [1.165, 1.54) is 4.68 Å². The van der Waals surface area contributed by atoms with Crippen LogP contribution >= 0.6 is 11.6 Å². The molecule has 0 aliphatic heterocycles. The zero-order valence-electron chi connectivity index (χ0n) is 11.2. The minimum absolute atomic E-state index is 0.265. The summed E-state index contributed by atoms with van der Waals surface area (Å²) in [7, 11) is 3.27. The first kappa shape index (κ1) is 14.5. The van der Waals surface area contributed by atoms with E-state index in [9.17, 15) is 4.79 Å². The van der Waals surface area contributed by atoms with Crippen LogP contribution in [0, 0.1) is 0 Å². The molecule has 0 saturated heterocycles. The van der Waals surface area contributed by atoms with E-state index in [1.54, 1.807) is 26.4 Å². The van der Waals surface area contributed by atoms with Crippen LogP contribution in [0.3, 0.4) is 0 Å². The fourth-order valence-corrected chi connectivity index (χ4v) is 2.04. The minimum Gasteiger partial charge on any atom is -0.375 e. The Hall–Kier alpha value is -1.92. The molecule has 6 nitrogen and oxygen atoms in total. The molecule has 0 bridgehead atoms. The van der Waals surface area contributed by atoms with Gasteiger partial charge >= 0.3 is 0 Å². The maximum absolute atomic E-state index is 11.9. The monoisotopic (exact) mass is 294 g/mol. The van der Waals surface area contributed by atoms with Gasteiger partial charge in [-0.15, -0.1) is 5.10 Å². The molecule has 1 aromatic carbocycles. The van der Waals surface area contributed by atoms with E-state index < -0.39 is 0 Å². The second-order valence-electron chi connectivity index (χ2n) is 4.23. The lowest BCUT2D eigenvalue weighted by Crippen LogP contribution is -2.29. The first-order valence-electron chi connectivity index (χ1n) is 6.03. The normalized spacial score (nSPS) is 12.2. The third-order valence-corrected chi connectivity index (χ3v) is 3.16. The van der Waals surface area contributed by atoms with Crippen molar-refractivity contribution in [3.05, 3.63) is 46.7 Å².